The maximum Gasteiger partial charge on any atom is 0.224 e. The van der Waals surface area contributed by atoms with Gasteiger partial charge >= 0.3 is 0 Å². The molecule has 4 rings (SSSR count). The molecule has 1 heterocycles. The molecule has 0 atom stereocenters. The highest BCUT2D eigenvalue weighted by Crippen LogP contribution is 2.29. The van der Waals surface area contributed by atoms with Crippen molar-refractivity contribution in [3.8, 4) is 17.4 Å². The topological polar surface area (TPSA) is 67.3 Å². The summed E-state index contributed by atoms with van der Waals surface area (Å²) in [7, 11) is 0. The number of fused-ring (bicyclic) bond motifs is 1. The average molecular weight is 319 g/mol. The van der Waals surface area contributed by atoms with Crippen LogP contribution in [0.4, 0.5) is 11.5 Å². The number of phenolic OH excluding ortho intramolecular Hbond substituents is 1. The van der Waals surface area contributed by atoms with Crippen LogP contribution in [0.3, 0.4) is 0 Å². The minimum Gasteiger partial charge on any atom is -0.508 e. The van der Waals surface area contributed by atoms with Gasteiger partial charge in [0.05, 0.1) is 0 Å². The first-order chi connectivity index (χ1) is 11.8. The highest BCUT2D eigenvalue weighted by atomic mass is 16.5. The maximum atomic E-state index is 9.52. The van der Waals surface area contributed by atoms with E-state index in [2.05, 4.69) is 27.4 Å². The summed E-state index contributed by atoms with van der Waals surface area (Å²) < 4.78 is 5.87. The molecule has 0 saturated heterocycles. The quantitative estimate of drug-likeness (QED) is 0.754. The fourth-order valence-electron chi connectivity index (χ4n) is 2.93. The van der Waals surface area contributed by atoms with E-state index in [1.165, 1.54) is 23.9 Å². The molecule has 0 bridgehead atoms. The molecule has 1 aliphatic carbocycles. The van der Waals surface area contributed by atoms with E-state index in [9.17, 15) is 5.11 Å². The largest absolute Gasteiger partial charge is 0.508 e. The minimum absolute atomic E-state index is 0.198. The lowest BCUT2D eigenvalue weighted by molar-refractivity contribution is 0.461. The Morgan fingerprint density at radius 3 is 2.79 bits per heavy atom. The summed E-state index contributed by atoms with van der Waals surface area (Å²) in [5.41, 5.74) is 3.52. The molecular formula is C19H17N3O2. The summed E-state index contributed by atoms with van der Waals surface area (Å²) in [6.07, 6.45) is 4.93. The molecule has 0 aliphatic heterocycles. The van der Waals surface area contributed by atoms with Gasteiger partial charge in [-0.15, -0.1) is 0 Å². The van der Waals surface area contributed by atoms with Gasteiger partial charge in [0, 0.05) is 17.8 Å². The first-order valence-electron chi connectivity index (χ1n) is 7.94. The van der Waals surface area contributed by atoms with E-state index in [0.29, 0.717) is 11.7 Å². The summed E-state index contributed by atoms with van der Waals surface area (Å²) in [5.74, 6) is 2.07. The molecule has 0 fully saturated rings. The van der Waals surface area contributed by atoms with Gasteiger partial charge < -0.3 is 15.2 Å². The van der Waals surface area contributed by atoms with Crippen LogP contribution in [-0.2, 0) is 12.8 Å². The van der Waals surface area contributed by atoms with E-state index in [1.807, 2.05) is 12.1 Å². The van der Waals surface area contributed by atoms with Crippen LogP contribution < -0.4 is 10.1 Å². The van der Waals surface area contributed by atoms with Gasteiger partial charge in [0.15, 0.2) is 0 Å². The van der Waals surface area contributed by atoms with E-state index in [0.717, 1.165) is 24.3 Å². The zero-order chi connectivity index (χ0) is 16.4. The van der Waals surface area contributed by atoms with Gasteiger partial charge in [0.2, 0.25) is 5.88 Å². The standard InChI is InChI=1S/C19H17N3O2/c23-16-6-2-5-15(10-16)22-18-11-19(21-12-20-18)24-17-8-7-13-3-1-4-14(13)9-17/h2,5-12,23H,1,3-4H2,(H,20,21,22). The minimum atomic E-state index is 0.198. The van der Waals surface area contributed by atoms with Crippen molar-refractivity contribution in [2.24, 2.45) is 0 Å². The van der Waals surface area contributed by atoms with Crippen LogP contribution in [0.2, 0.25) is 0 Å². The number of nitrogens with one attached hydrogen (secondary N) is 1. The highest BCUT2D eigenvalue weighted by molar-refractivity contribution is 5.58. The Bertz CT molecular complexity index is 880. The number of phenols is 1. The molecule has 3 aromatic rings. The predicted molar refractivity (Wildman–Crippen MR) is 92.0 cm³/mol. The van der Waals surface area contributed by atoms with Gasteiger partial charge in [0.1, 0.15) is 23.6 Å². The van der Waals surface area contributed by atoms with Crippen LogP contribution in [0.1, 0.15) is 17.5 Å². The summed E-state index contributed by atoms with van der Waals surface area (Å²) >= 11 is 0. The number of aryl methyl sites for hydroxylation is 2. The van der Waals surface area contributed by atoms with Crippen LogP contribution in [-0.4, -0.2) is 15.1 Å². The molecule has 0 spiro atoms. The second kappa shape index (κ2) is 6.20. The number of hydrogen-bond acceptors (Lipinski definition) is 5. The summed E-state index contributed by atoms with van der Waals surface area (Å²) in [5, 5.41) is 12.6. The molecule has 24 heavy (non-hydrogen) atoms. The van der Waals surface area contributed by atoms with Gasteiger partial charge in [-0.2, -0.15) is 0 Å². The van der Waals surface area contributed by atoms with Crippen molar-refractivity contribution < 1.29 is 9.84 Å². The first-order valence-corrected chi connectivity index (χ1v) is 7.94. The van der Waals surface area contributed by atoms with Crippen LogP contribution in [0.15, 0.2) is 54.9 Å². The normalized spacial score (nSPS) is 12.7. The van der Waals surface area contributed by atoms with E-state index in [1.54, 1.807) is 24.3 Å². The zero-order valence-electron chi connectivity index (χ0n) is 13.1. The Kier molecular flexibility index (Phi) is 3.75. The number of benzene rings is 2. The van der Waals surface area contributed by atoms with Crippen molar-refractivity contribution >= 4 is 11.5 Å². The first kappa shape index (κ1) is 14.5. The molecule has 2 aromatic carbocycles. The van der Waals surface area contributed by atoms with Crippen LogP contribution in [0.25, 0.3) is 0 Å². The number of nitrogens with zero attached hydrogens (tertiary/aromatic N) is 2. The maximum absolute atomic E-state index is 9.52. The van der Waals surface area contributed by atoms with E-state index in [-0.39, 0.29) is 5.75 Å². The Labute approximate surface area is 140 Å². The van der Waals surface area contributed by atoms with Crippen molar-refractivity contribution in [1.29, 1.82) is 0 Å². The second-order valence-corrected chi connectivity index (χ2v) is 5.80. The van der Waals surface area contributed by atoms with Crippen molar-refractivity contribution in [2.75, 3.05) is 5.32 Å². The third kappa shape index (κ3) is 3.15. The van der Waals surface area contributed by atoms with Gasteiger partial charge in [0.25, 0.3) is 0 Å². The fraction of sp³-hybridized carbons (Fsp3) is 0.158. The molecule has 0 amide bonds. The molecule has 0 unspecified atom stereocenters. The van der Waals surface area contributed by atoms with Crippen LogP contribution in [0.5, 0.6) is 17.4 Å². The molecule has 5 nitrogen and oxygen atoms in total. The second-order valence-electron chi connectivity index (χ2n) is 5.80. The monoisotopic (exact) mass is 319 g/mol. The van der Waals surface area contributed by atoms with Gasteiger partial charge in [-0.25, -0.2) is 9.97 Å². The number of hydrogen-bond donors (Lipinski definition) is 2. The van der Waals surface area contributed by atoms with E-state index in [4.69, 9.17) is 4.74 Å². The molecule has 0 saturated carbocycles. The molecule has 1 aromatic heterocycles. The number of anilines is 2. The molecule has 0 radical (unpaired) electrons. The summed E-state index contributed by atoms with van der Waals surface area (Å²) in [6.45, 7) is 0. The van der Waals surface area contributed by atoms with Crippen molar-refractivity contribution in [3.05, 3.63) is 66.0 Å². The number of aromatic nitrogens is 2. The fourth-order valence-corrected chi connectivity index (χ4v) is 2.93. The number of ether oxygens (including phenoxy) is 1. The number of aromatic hydroxyl groups is 1. The SMILES string of the molecule is Oc1cccc(Nc2cc(Oc3ccc4c(c3)CCC4)ncn2)c1. The molecular weight excluding hydrogens is 302 g/mol. The smallest absolute Gasteiger partial charge is 0.224 e. The Hall–Kier alpha value is -3.08. The van der Waals surface area contributed by atoms with Crippen molar-refractivity contribution in [2.45, 2.75) is 19.3 Å². The van der Waals surface area contributed by atoms with Crippen molar-refractivity contribution in [1.82, 2.24) is 9.97 Å². The van der Waals surface area contributed by atoms with E-state index >= 15 is 0 Å². The van der Waals surface area contributed by atoms with Crippen LogP contribution >= 0.6 is 0 Å². The third-order valence-electron chi connectivity index (χ3n) is 4.05. The molecule has 5 heteroatoms. The van der Waals surface area contributed by atoms with Gasteiger partial charge in [-0.3, -0.25) is 0 Å². The third-order valence-corrected chi connectivity index (χ3v) is 4.05. The molecule has 120 valence electrons. The van der Waals surface area contributed by atoms with Gasteiger partial charge in [-0.1, -0.05) is 12.1 Å². The zero-order valence-corrected chi connectivity index (χ0v) is 13.1. The molecule has 1 aliphatic rings. The lowest BCUT2D eigenvalue weighted by atomic mass is 10.1. The highest BCUT2D eigenvalue weighted by Gasteiger charge is 2.12. The lowest BCUT2D eigenvalue weighted by Crippen LogP contribution is -1.96. The summed E-state index contributed by atoms with van der Waals surface area (Å²) in [4.78, 5) is 8.34. The van der Waals surface area contributed by atoms with Gasteiger partial charge in [-0.05, 0) is 54.7 Å². The van der Waals surface area contributed by atoms with Crippen molar-refractivity contribution in [3.63, 3.8) is 0 Å². The number of rotatable bonds is 4. The Morgan fingerprint density at radius 2 is 1.88 bits per heavy atom. The average Bonchev–Trinajstić information content (AvgIpc) is 3.03. The summed E-state index contributed by atoms with van der Waals surface area (Å²) in [6, 6.07) is 14.8. The predicted octanol–water partition coefficient (Wildman–Crippen LogP) is 4.21. The van der Waals surface area contributed by atoms with Crippen LogP contribution in [0, 0.1) is 0 Å². The Balaban J connectivity index is 1.52. The Morgan fingerprint density at radius 1 is 0.958 bits per heavy atom. The molecule has 2 N–H and O–H groups in total. The lowest BCUT2D eigenvalue weighted by Gasteiger charge is -2.09. The van der Waals surface area contributed by atoms with E-state index < -0.39 is 0 Å².